The van der Waals surface area contributed by atoms with Gasteiger partial charge in [-0.05, 0) is 17.7 Å². The second-order valence-corrected chi connectivity index (χ2v) is 3.34. The molecule has 0 N–H and O–H groups in total. The highest BCUT2D eigenvalue weighted by Gasteiger charge is 1.96. The van der Waals surface area contributed by atoms with E-state index in [2.05, 4.69) is 10.2 Å². The van der Waals surface area contributed by atoms with E-state index in [4.69, 9.17) is 0 Å². The Morgan fingerprint density at radius 2 is 1.56 bits per heavy atom. The minimum Gasteiger partial charge on any atom is -0.205 e. The predicted molar refractivity (Wildman–Crippen MR) is 61.1 cm³/mol. The van der Waals surface area contributed by atoms with Gasteiger partial charge < -0.3 is 0 Å². The van der Waals surface area contributed by atoms with Gasteiger partial charge in [0.1, 0.15) is 5.69 Å². The van der Waals surface area contributed by atoms with Gasteiger partial charge in [0.25, 0.3) is 0 Å². The smallest absolute Gasteiger partial charge is 0.150 e. The third-order valence-corrected chi connectivity index (χ3v) is 2.13. The van der Waals surface area contributed by atoms with Crippen molar-refractivity contribution in [3.8, 4) is 0 Å². The molecule has 3 heteroatoms. The fourth-order valence-corrected chi connectivity index (χ4v) is 1.31. The SMILES string of the molecule is Fc1ccccc1N=NCc1ccccc1. The van der Waals surface area contributed by atoms with Crippen molar-refractivity contribution < 1.29 is 4.39 Å². The summed E-state index contributed by atoms with van der Waals surface area (Å²) in [5.74, 6) is -0.348. The average molecular weight is 214 g/mol. The Labute approximate surface area is 93.5 Å². The zero-order chi connectivity index (χ0) is 11.2. The van der Waals surface area contributed by atoms with Gasteiger partial charge in [0.05, 0.1) is 6.54 Å². The molecule has 0 aliphatic rings. The van der Waals surface area contributed by atoms with Crippen LogP contribution in [0.25, 0.3) is 0 Å². The van der Waals surface area contributed by atoms with E-state index >= 15 is 0 Å². The van der Waals surface area contributed by atoms with Gasteiger partial charge in [-0.25, -0.2) is 4.39 Å². The lowest BCUT2D eigenvalue weighted by Gasteiger charge is -1.95. The van der Waals surface area contributed by atoms with Crippen LogP contribution in [0.5, 0.6) is 0 Å². The number of rotatable bonds is 3. The quantitative estimate of drug-likeness (QED) is 0.687. The Kier molecular flexibility index (Phi) is 3.38. The molecule has 2 aromatic rings. The van der Waals surface area contributed by atoms with E-state index in [0.29, 0.717) is 6.54 Å². The van der Waals surface area contributed by atoms with Crippen LogP contribution >= 0.6 is 0 Å². The summed E-state index contributed by atoms with van der Waals surface area (Å²) in [6.07, 6.45) is 0. The molecule has 0 radical (unpaired) electrons. The summed E-state index contributed by atoms with van der Waals surface area (Å²) in [6, 6.07) is 16.1. The van der Waals surface area contributed by atoms with Crippen molar-refractivity contribution in [2.24, 2.45) is 10.2 Å². The van der Waals surface area contributed by atoms with Crippen LogP contribution in [0.2, 0.25) is 0 Å². The fourth-order valence-electron chi connectivity index (χ4n) is 1.31. The highest BCUT2D eigenvalue weighted by atomic mass is 19.1. The second kappa shape index (κ2) is 5.16. The monoisotopic (exact) mass is 214 g/mol. The summed E-state index contributed by atoms with van der Waals surface area (Å²) in [6.45, 7) is 0.467. The first kappa shape index (κ1) is 10.5. The molecule has 2 nitrogen and oxygen atoms in total. The van der Waals surface area contributed by atoms with Gasteiger partial charge in [-0.15, -0.1) is 0 Å². The second-order valence-electron chi connectivity index (χ2n) is 3.34. The lowest BCUT2D eigenvalue weighted by Crippen LogP contribution is -1.78. The van der Waals surface area contributed by atoms with Crippen LogP contribution < -0.4 is 0 Å². The molecule has 0 unspecified atom stereocenters. The molecule has 2 aromatic carbocycles. The van der Waals surface area contributed by atoms with E-state index in [-0.39, 0.29) is 11.5 Å². The number of halogens is 1. The highest BCUT2D eigenvalue weighted by molar-refractivity contribution is 5.36. The summed E-state index contributed by atoms with van der Waals surface area (Å²) in [7, 11) is 0. The van der Waals surface area contributed by atoms with Crippen molar-refractivity contribution in [3.63, 3.8) is 0 Å². The van der Waals surface area contributed by atoms with Crippen molar-refractivity contribution in [1.29, 1.82) is 0 Å². The normalized spacial score (nSPS) is 10.8. The van der Waals surface area contributed by atoms with Gasteiger partial charge in [-0.3, -0.25) is 0 Å². The Balaban J connectivity index is 2.03. The molecule has 0 bridgehead atoms. The molecule has 16 heavy (non-hydrogen) atoms. The molecule has 0 aliphatic heterocycles. The summed E-state index contributed by atoms with van der Waals surface area (Å²) in [5, 5.41) is 7.81. The summed E-state index contributed by atoms with van der Waals surface area (Å²) in [4.78, 5) is 0. The molecule has 0 spiro atoms. The maximum Gasteiger partial charge on any atom is 0.150 e. The summed E-state index contributed by atoms with van der Waals surface area (Å²) < 4.78 is 13.2. The number of azo groups is 1. The number of nitrogens with zero attached hydrogens (tertiary/aromatic N) is 2. The largest absolute Gasteiger partial charge is 0.205 e. The van der Waals surface area contributed by atoms with Gasteiger partial charge in [-0.1, -0.05) is 42.5 Å². The minimum absolute atomic E-state index is 0.276. The zero-order valence-corrected chi connectivity index (χ0v) is 8.68. The van der Waals surface area contributed by atoms with E-state index in [1.165, 1.54) is 6.07 Å². The van der Waals surface area contributed by atoms with Crippen molar-refractivity contribution in [3.05, 3.63) is 66.0 Å². The van der Waals surface area contributed by atoms with Gasteiger partial charge in [0, 0.05) is 0 Å². The molecule has 0 fully saturated rings. The van der Waals surface area contributed by atoms with Crippen molar-refractivity contribution in [2.75, 3.05) is 0 Å². The van der Waals surface area contributed by atoms with Crippen LogP contribution in [-0.2, 0) is 6.54 Å². The summed E-state index contributed by atoms with van der Waals surface area (Å²) in [5.41, 5.74) is 1.33. The molecule has 0 saturated carbocycles. The van der Waals surface area contributed by atoms with Crippen LogP contribution in [0.1, 0.15) is 5.56 Å². The fraction of sp³-hybridized carbons (Fsp3) is 0.0769. The van der Waals surface area contributed by atoms with Gasteiger partial charge in [-0.2, -0.15) is 10.2 Å². The van der Waals surface area contributed by atoms with Crippen molar-refractivity contribution >= 4 is 5.69 Å². The third kappa shape index (κ3) is 2.73. The molecule has 0 aromatic heterocycles. The molecule has 0 atom stereocenters. The number of hydrogen-bond donors (Lipinski definition) is 0. The Morgan fingerprint density at radius 1 is 0.875 bits per heavy atom. The Hall–Kier alpha value is -2.03. The predicted octanol–water partition coefficient (Wildman–Crippen LogP) is 4.11. The topological polar surface area (TPSA) is 24.7 Å². The Morgan fingerprint density at radius 3 is 2.31 bits per heavy atom. The standard InChI is InChI=1S/C13H11FN2/c14-12-8-4-5-9-13(12)16-15-10-11-6-2-1-3-7-11/h1-9H,10H2. The van der Waals surface area contributed by atoms with Gasteiger partial charge >= 0.3 is 0 Å². The molecular weight excluding hydrogens is 203 g/mol. The van der Waals surface area contributed by atoms with Crippen LogP contribution in [-0.4, -0.2) is 0 Å². The minimum atomic E-state index is -0.348. The van der Waals surface area contributed by atoms with E-state index in [1.807, 2.05) is 30.3 Å². The number of benzene rings is 2. The highest BCUT2D eigenvalue weighted by Crippen LogP contribution is 2.17. The maximum absolute atomic E-state index is 13.2. The van der Waals surface area contributed by atoms with Gasteiger partial charge in [0.2, 0.25) is 0 Å². The van der Waals surface area contributed by atoms with Gasteiger partial charge in [0.15, 0.2) is 5.82 Å². The molecular formula is C13H11FN2. The van der Waals surface area contributed by atoms with Crippen LogP contribution in [0.4, 0.5) is 10.1 Å². The van der Waals surface area contributed by atoms with E-state index in [0.717, 1.165) is 5.56 Å². The molecule has 0 saturated heterocycles. The van der Waals surface area contributed by atoms with Crippen molar-refractivity contribution in [1.82, 2.24) is 0 Å². The van der Waals surface area contributed by atoms with Crippen LogP contribution in [0.15, 0.2) is 64.8 Å². The lowest BCUT2D eigenvalue weighted by molar-refractivity contribution is 0.627. The van der Waals surface area contributed by atoms with E-state index in [1.54, 1.807) is 18.2 Å². The number of hydrogen-bond acceptors (Lipinski definition) is 2. The summed E-state index contributed by atoms with van der Waals surface area (Å²) >= 11 is 0. The first-order valence-corrected chi connectivity index (χ1v) is 5.02. The van der Waals surface area contributed by atoms with E-state index < -0.39 is 0 Å². The van der Waals surface area contributed by atoms with Crippen LogP contribution in [0, 0.1) is 5.82 Å². The maximum atomic E-state index is 13.2. The van der Waals surface area contributed by atoms with Crippen molar-refractivity contribution in [2.45, 2.75) is 6.54 Å². The average Bonchev–Trinajstić information content (AvgIpc) is 2.33. The zero-order valence-electron chi connectivity index (χ0n) is 8.68. The molecule has 80 valence electrons. The third-order valence-electron chi connectivity index (χ3n) is 2.13. The van der Waals surface area contributed by atoms with Crippen LogP contribution in [0.3, 0.4) is 0 Å². The lowest BCUT2D eigenvalue weighted by atomic mass is 10.2. The molecule has 0 amide bonds. The first-order chi connectivity index (χ1) is 7.86. The first-order valence-electron chi connectivity index (χ1n) is 5.02. The molecule has 0 aliphatic carbocycles. The molecule has 2 rings (SSSR count). The molecule has 0 heterocycles. The van der Waals surface area contributed by atoms with E-state index in [9.17, 15) is 4.39 Å². The Bertz CT molecular complexity index is 480.